The van der Waals surface area contributed by atoms with Crippen LogP contribution in [-0.4, -0.2) is 5.91 Å². The first-order valence-electron chi connectivity index (χ1n) is 1.94. The molecular formula is C4H6NO. The maximum Gasteiger partial charge on any atom is 0.225 e. The van der Waals surface area contributed by atoms with Crippen LogP contribution in [-0.2, 0) is 4.79 Å². The molecular weight excluding hydrogens is 78.0 g/mol. The van der Waals surface area contributed by atoms with E-state index in [2.05, 4.69) is 5.32 Å². The van der Waals surface area contributed by atoms with Crippen molar-refractivity contribution in [3.8, 4) is 0 Å². The topological polar surface area (TPSA) is 29.1 Å². The van der Waals surface area contributed by atoms with Crippen LogP contribution in [0.3, 0.4) is 0 Å². The molecule has 0 aromatic heterocycles. The van der Waals surface area contributed by atoms with Gasteiger partial charge in [0, 0.05) is 0 Å². The van der Waals surface area contributed by atoms with Gasteiger partial charge in [-0.25, -0.2) is 0 Å². The molecule has 0 aromatic rings. The molecule has 1 radical (unpaired) electrons. The van der Waals surface area contributed by atoms with Crippen molar-refractivity contribution in [3.05, 3.63) is 6.54 Å². The first kappa shape index (κ1) is 3.65. The maximum absolute atomic E-state index is 10.1. The van der Waals surface area contributed by atoms with E-state index in [1.54, 1.807) is 6.54 Å². The van der Waals surface area contributed by atoms with Gasteiger partial charge in [0.25, 0.3) is 0 Å². The number of hydrogen-bond acceptors (Lipinski definition) is 1. The van der Waals surface area contributed by atoms with Crippen LogP contribution < -0.4 is 5.32 Å². The van der Waals surface area contributed by atoms with Gasteiger partial charge in [-0.05, 0) is 0 Å². The Kier molecular flexibility index (Phi) is 0.587. The van der Waals surface area contributed by atoms with Crippen molar-refractivity contribution in [2.75, 3.05) is 0 Å². The minimum atomic E-state index is 0.134. The second-order valence-corrected chi connectivity index (χ2v) is 1.46. The normalized spacial score (nSPS) is 31.5. The largest absolute Gasteiger partial charge is 0.350 e. The van der Waals surface area contributed by atoms with E-state index in [0.29, 0.717) is 0 Å². The summed E-state index contributed by atoms with van der Waals surface area (Å²) < 4.78 is 0. The highest BCUT2D eigenvalue weighted by Gasteiger charge is 2.21. The minimum Gasteiger partial charge on any atom is -0.350 e. The van der Waals surface area contributed by atoms with E-state index in [-0.39, 0.29) is 11.8 Å². The Morgan fingerprint density at radius 2 is 2.50 bits per heavy atom. The third kappa shape index (κ3) is 0.295. The summed E-state index contributed by atoms with van der Waals surface area (Å²) in [5.74, 6) is 0.292. The number of hydrogen-bond donors (Lipinski definition) is 1. The monoisotopic (exact) mass is 84.0 g/mol. The highest BCUT2D eigenvalue weighted by molar-refractivity contribution is 5.86. The van der Waals surface area contributed by atoms with E-state index >= 15 is 0 Å². The predicted octanol–water partition coefficient (Wildman–Crippen LogP) is -0.0859. The number of carbonyl (C=O) groups is 1. The molecule has 1 N–H and O–H groups in total. The molecule has 0 spiro atoms. The molecule has 1 aliphatic rings. The van der Waals surface area contributed by atoms with Gasteiger partial charge in [-0.1, -0.05) is 6.92 Å². The van der Waals surface area contributed by atoms with Gasteiger partial charge in [0.2, 0.25) is 5.91 Å². The van der Waals surface area contributed by atoms with Gasteiger partial charge in [0.15, 0.2) is 0 Å². The average Bonchev–Trinajstić information content (AvgIpc) is 1.61. The summed E-state index contributed by atoms with van der Waals surface area (Å²) in [6.45, 7) is 3.63. The van der Waals surface area contributed by atoms with E-state index in [4.69, 9.17) is 0 Å². The quantitative estimate of drug-likeness (QED) is 0.408. The molecule has 0 bridgehead atoms. The number of nitrogens with one attached hydrogen (secondary N) is 1. The second kappa shape index (κ2) is 0.965. The molecule has 6 heavy (non-hydrogen) atoms. The molecule has 1 fully saturated rings. The summed E-state index contributed by atoms with van der Waals surface area (Å²) in [6.07, 6.45) is 0. The smallest absolute Gasteiger partial charge is 0.225 e. The van der Waals surface area contributed by atoms with Crippen molar-refractivity contribution in [1.82, 2.24) is 5.32 Å². The Balaban J connectivity index is 2.39. The lowest BCUT2D eigenvalue weighted by atomic mass is 10.1. The van der Waals surface area contributed by atoms with Gasteiger partial charge in [0.05, 0.1) is 12.5 Å². The molecule has 1 atom stereocenters. The van der Waals surface area contributed by atoms with Gasteiger partial charge >= 0.3 is 0 Å². The number of β-lactam (4-membered cyclic amide) rings is 1. The Labute approximate surface area is 36.5 Å². The third-order valence-electron chi connectivity index (χ3n) is 0.889. The fourth-order valence-electron chi connectivity index (χ4n) is 0.318. The molecule has 1 saturated heterocycles. The first-order chi connectivity index (χ1) is 2.80. The van der Waals surface area contributed by atoms with Gasteiger partial charge < -0.3 is 5.32 Å². The summed E-state index contributed by atoms with van der Waals surface area (Å²) >= 11 is 0. The summed E-state index contributed by atoms with van der Waals surface area (Å²) in [5, 5.41) is 2.49. The van der Waals surface area contributed by atoms with Gasteiger partial charge in [-0.15, -0.1) is 0 Å². The average molecular weight is 84.1 g/mol. The van der Waals surface area contributed by atoms with Crippen LogP contribution in [0.5, 0.6) is 0 Å². The summed E-state index contributed by atoms with van der Waals surface area (Å²) in [4.78, 5) is 10.1. The van der Waals surface area contributed by atoms with Crippen LogP contribution >= 0.6 is 0 Å². The van der Waals surface area contributed by atoms with Crippen LogP contribution in [0, 0.1) is 12.5 Å². The Hall–Kier alpha value is -0.530. The fraction of sp³-hybridized carbons (Fsp3) is 0.500. The van der Waals surface area contributed by atoms with E-state index in [9.17, 15) is 4.79 Å². The van der Waals surface area contributed by atoms with Crippen LogP contribution in [0.15, 0.2) is 0 Å². The molecule has 0 aromatic carbocycles. The Bertz CT molecular complexity index is 79.6. The molecule has 2 heteroatoms. The van der Waals surface area contributed by atoms with Crippen LogP contribution in [0.2, 0.25) is 0 Å². The molecule has 0 aliphatic carbocycles. The zero-order chi connectivity index (χ0) is 4.57. The molecule has 1 heterocycles. The van der Waals surface area contributed by atoms with Crippen molar-refractivity contribution >= 4 is 5.91 Å². The zero-order valence-electron chi connectivity index (χ0n) is 3.56. The van der Waals surface area contributed by atoms with E-state index in [1.165, 1.54) is 0 Å². The summed E-state index contributed by atoms with van der Waals surface area (Å²) in [6, 6.07) is 0. The lowest BCUT2D eigenvalue weighted by Gasteiger charge is -2.19. The Morgan fingerprint density at radius 1 is 2.00 bits per heavy atom. The van der Waals surface area contributed by atoms with Crippen LogP contribution in [0.25, 0.3) is 0 Å². The van der Waals surface area contributed by atoms with Crippen LogP contribution in [0.4, 0.5) is 0 Å². The lowest BCUT2D eigenvalue weighted by Crippen LogP contribution is -2.41. The van der Waals surface area contributed by atoms with Gasteiger partial charge in [-0.3, -0.25) is 4.79 Å². The minimum absolute atomic E-state index is 0.134. The number of rotatable bonds is 0. The molecule has 33 valence electrons. The van der Waals surface area contributed by atoms with Crippen molar-refractivity contribution in [2.24, 2.45) is 5.92 Å². The molecule has 1 rings (SSSR count). The van der Waals surface area contributed by atoms with Gasteiger partial charge in [0.1, 0.15) is 0 Å². The van der Waals surface area contributed by atoms with Gasteiger partial charge in [-0.2, -0.15) is 0 Å². The highest BCUT2D eigenvalue weighted by Crippen LogP contribution is 2.05. The standard InChI is InChI=1S/C4H6NO/c1-3-2-5-4(3)6/h2-3H,1H3,(H,5,6). The van der Waals surface area contributed by atoms with Crippen molar-refractivity contribution in [2.45, 2.75) is 6.92 Å². The lowest BCUT2D eigenvalue weighted by molar-refractivity contribution is -0.127. The number of amides is 1. The SMILES string of the molecule is CC1[CH]NC1=O. The van der Waals surface area contributed by atoms with Crippen molar-refractivity contribution in [3.63, 3.8) is 0 Å². The second-order valence-electron chi connectivity index (χ2n) is 1.46. The predicted molar refractivity (Wildman–Crippen MR) is 21.6 cm³/mol. The molecule has 1 unspecified atom stereocenters. The van der Waals surface area contributed by atoms with E-state index in [1.807, 2.05) is 6.92 Å². The molecule has 1 amide bonds. The summed E-state index contributed by atoms with van der Waals surface area (Å²) in [5.41, 5.74) is 0. The molecule has 2 nitrogen and oxygen atoms in total. The maximum atomic E-state index is 10.1. The first-order valence-corrected chi connectivity index (χ1v) is 1.94. The van der Waals surface area contributed by atoms with E-state index in [0.717, 1.165) is 0 Å². The molecule has 0 saturated carbocycles. The Morgan fingerprint density at radius 3 is 2.50 bits per heavy atom. The highest BCUT2D eigenvalue weighted by atomic mass is 16.2. The third-order valence-corrected chi connectivity index (χ3v) is 0.889. The van der Waals surface area contributed by atoms with Crippen LogP contribution in [0.1, 0.15) is 6.92 Å². The number of carbonyl (C=O) groups excluding carboxylic acids is 1. The fourth-order valence-corrected chi connectivity index (χ4v) is 0.318. The van der Waals surface area contributed by atoms with Crippen molar-refractivity contribution in [1.29, 1.82) is 0 Å². The molecule has 1 aliphatic heterocycles. The zero-order valence-corrected chi connectivity index (χ0v) is 3.56. The summed E-state index contributed by atoms with van der Waals surface area (Å²) in [7, 11) is 0. The van der Waals surface area contributed by atoms with Crippen molar-refractivity contribution < 1.29 is 4.79 Å². The van der Waals surface area contributed by atoms with E-state index < -0.39 is 0 Å².